The van der Waals surface area contributed by atoms with Crippen LogP contribution in [0.3, 0.4) is 0 Å². The maximum absolute atomic E-state index is 11.9. The lowest BCUT2D eigenvalue weighted by molar-refractivity contribution is -0.141. The van der Waals surface area contributed by atoms with Gasteiger partial charge in [-0.25, -0.2) is 9.64 Å². The molecule has 9 heteroatoms. The zero-order valence-electron chi connectivity index (χ0n) is 16.2. The molecule has 2 rings (SSSR count). The summed E-state index contributed by atoms with van der Waals surface area (Å²) in [5.41, 5.74) is 0.254. The molecular weight excluding hydrogens is 390 g/mol. The quantitative estimate of drug-likeness (QED) is 0.211. The first-order valence-corrected chi connectivity index (χ1v) is 8.86. The molecular formula is C21H19N3O6. The van der Waals surface area contributed by atoms with E-state index in [1.807, 2.05) is 0 Å². The smallest absolute Gasteiger partial charge is 0.349 e. The van der Waals surface area contributed by atoms with Gasteiger partial charge in [0, 0.05) is 11.9 Å². The number of nitriles is 1. The number of esters is 2. The number of carbonyl (C=O) groups is 2. The van der Waals surface area contributed by atoms with Crippen molar-refractivity contribution in [3.8, 4) is 6.07 Å². The second-order valence-corrected chi connectivity index (χ2v) is 5.77. The SMILES string of the molecule is [C-]#[N+]C(=Cc1ccc(C)o1)C(=O)OCCOCCOC(=O)C(C#N)=Cc1ccc[nH]1. The van der Waals surface area contributed by atoms with E-state index in [1.54, 1.807) is 43.5 Å². The Kier molecular flexibility index (Phi) is 8.66. The highest BCUT2D eigenvalue weighted by atomic mass is 16.6. The van der Waals surface area contributed by atoms with Gasteiger partial charge < -0.3 is 23.6 Å². The molecule has 0 unspecified atom stereocenters. The molecule has 2 aromatic heterocycles. The van der Waals surface area contributed by atoms with Crippen LogP contribution in [0.1, 0.15) is 17.2 Å². The van der Waals surface area contributed by atoms with Gasteiger partial charge in [-0.2, -0.15) is 5.26 Å². The monoisotopic (exact) mass is 409 g/mol. The lowest BCUT2D eigenvalue weighted by atomic mass is 10.2. The third-order valence-electron chi connectivity index (χ3n) is 3.55. The Morgan fingerprint density at radius 2 is 1.90 bits per heavy atom. The van der Waals surface area contributed by atoms with Gasteiger partial charge in [0.15, 0.2) is 0 Å². The number of aromatic amines is 1. The molecule has 1 N–H and O–H groups in total. The molecule has 0 saturated heterocycles. The van der Waals surface area contributed by atoms with E-state index in [2.05, 4.69) is 9.83 Å². The standard InChI is InChI=1S/C21H19N3O6/c1-15-5-6-18(30-15)13-19(23-2)21(26)29-11-9-27-8-10-28-20(25)16(14-22)12-17-4-3-7-24-17/h3-7,12-13,24H,8-11H2,1H3. The Morgan fingerprint density at radius 3 is 2.47 bits per heavy atom. The number of hydrogen-bond acceptors (Lipinski definition) is 7. The maximum Gasteiger partial charge on any atom is 0.349 e. The average molecular weight is 409 g/mol. The Hall–Kier alpha value is -4.08. The summed E-state index contributed by atoms with van der Waals surface area (Å²) in [7, 11) is 0. The van der Waals surface area contributed by atoms with E-state index in [-0.39, 0.29) is 37.7 Å². The van der Waals surface area contributed by atoms with Crippen LogP contribution in [0.5, 0.6) is 0 Å². The number of rotatable bonds is 10. The summed E-state index contributed by atoms with van der Waals surface area (Å²) in [4.78, 5) is 29.7. The fourth-order valence-corrected chi connectivity index (χ4v) is 2.17. The fourth-order valence-electron chi connectivity index (χ4n) is 2.17. The Labute approximate surface area is 173 Å². The van der Waals surface area contributed by atoms with Crippen LogP contribution < -0.4 is 0 Å². The van der Waals surface area contributed by atoms with Gasteiger partial charge in [0.1, 0.15) is 36.4 Å². The van der Waals surface area contributed by atoms with E-state index in [1.165, 1.54) is 12.2 Å². The topological polar surface area (TPSA) is 119 Å². The molecule has 0 radical (unpaired) electrons. The zero-order valence-corrected chi connectivity index (χ0v) is 16.2. The second-order valence-electron chi connectivity index (χ2n) is 5.77. The summed E-state index contributed by atoms with van der Waals surface area (Å²) in [6.45, 7) is 8.79. The number of ether oxygens (including phenoxy) is 3. The highest BCUT2D eigenvalue weighted by molar-refractivity contribution is 5.97. The maximum atomic E-state index is 11.9. The molecule has 2 heterocycles. The predicted molar refractivity (Wildman–Crippen MR) is 105 cm³/mol. The summed E-state index contributed by atoms with van der Waals surface area (Å²) < 4.78 is 20.4. The number of furan rings is 1. The molecule has 0 atom stereocenters. The van der Waals surface area contributed by atoms with E-state index in [0.717, 1.165) is 0 Å². The van der Waals surface area contributed by atoms with Crippen molar-refractivity contribution in [3.63, 3.8) is 0 Å². The Morgan fingerprint density at radius 1 is 1.17 bits per heavy atom. The molecule has 0 amide bonds. The molecule has 0 bridgehead atoms. The molecule has 0 fully saturated rings. The van der Waals surface area contributed by atoms with Crippen LogP contribution in [0.15, 0.2) is 46.1 Å². The van der Waals surface area contributed by atoms with Gasteiger partial charge in [-0.15, -0.1) is 0 Å². The lowest BCUT2D eigenvalue weighted by Gasteiger charge is -2.06. The first-order valence-electron chi connectivity index (χ1n) is 8.86. The van der Waals surface area contributed by atoms with E-state index >= 15 is 0 Å². The van der Waals surface area contributed by atoms with Crippen molar-refractivity contribution >= 4 is 24.1 Å². The second kappa shape index (κ2) is 11.7. The number of aromatic nitrogens is 1. The van der Waals surface area contributed by atoms with Crippen molar-refractivity contribution in [2.75, 3.05) is 26.4 Å². The molecule has 154 valence electrons. The van der Waals surface area contributed by atoms with Gasteiger partial charge in [-0.1, -0.05) is 0 Å². The van der Waals surface area contributed by atoms with Crippen molar-refractivity contribution in [3.05, 3.63) is 70.4 Å². The number of carbonyl (C=O) groups excluding carboxylic acids is 2. The summed E-state index contributed by atoms with van der Waals surface area (Å²) in [5.74, 6) is -0.505. The lowest BCUT2D eigenvalue weighted by Crippen LogP contribution is -2.15. The molecule has 0 spiro atoms. The third kappa shape index (κ3) is 7.15. The molecule has 0 aromatic carbocycles. The summed E-state index contributed by atoms with van der Waals surface area (Å²) >= 11 is 0. The van der Waals surface area contributed by atoms with Crippen LogP contribution in [-0.2, 0) is 23.8 Å². The Bertz CT molecular complexity index is 1000. The summed E-state index contributed by atoms with van der Waals surface area (Å²) in [6.07, 6.45) is 4.35. The number of H-pyrrole nitrogens is 1. The van der Waals surface area contributed by atoms with Crippen LogP contribution in [0.25, 0.3) is 17.0 Å². The molecule has 0 aliphatic carbocycles. The third-order valence-corrected chi connectivity index (χ3v) is 3.55. The summed E-state index contributed by atoms with van der Waals surface area (Å²) in [5, 5.41) is 9.04. The van der Waals surface area contributed by atoms with Gasteiger partial charge in [-0.05, 0) is 43.3 Å². The van der Waals surface area contributed by atoms with Gasteiger partial charge in [0.05, 0.1) is 19.8 Å². The molecule has 0 aliphatic rings. The van der Waals surface area contributed by atoms with Crippen molar-refractivity contribution < 1.29 is 28.2 Å². The van der Waals surface area contributed by atoms with Gasteiger partial charge in [0.2, 0.25) is 0 Å². The number of nitrogens with zero attached hydrogens (tertiary/aromatic N) is 2. The first-order chi connectivity index (χ1) is 14.5. The molecule has 0 saturated carbocycles. The summed E-state index contributed by atoms with van der Waals surface area (Å²) in [6, 6.07) is 8.59. The highest BCUT2D eigenvalue weighted by Gasteiger charge is 2.13. The van der Waals surface area contributed by atoms with Crippen LogP contribution >= 0.6 is 0 Å². The number of nitrogens with one attached hydrogen (secondary N) is 1. The van der Waals surface area contributed by atoms with Crippen molar-refractivity contribution in [2.24, 2.45) is 0 Å². The minimum atomic E-state index is -0.790. The van der Waals surface area contributed by atoms with Gasteiger partial charge in [0.25, 0.3) is 5.70 Å². The number of aryl methyl sites for hydroxylation is 1. The fraction of sp³-hybridized carbons (Fsp3) is 0.238. The van der Waals surface area contributed by atoms with Crippen LogP contribution in [0.2, 0.25) is 0 Å². The molecule has 9 nitrogen and oxygen atoms in total. The Balaban J connectivity index is 1.65. The van der Waals surface area contributed by atoms with Crippen molar-refractivity contribution in [1.29, 1.82) is 5.26 Å². The van der Waals surface area contributed by atoms with E-state index in [0.29, 0.717) is 17.2 Å². The van der Waals surface area contributed by atoms with Crippen LogP contribution in [0, 0.1) is 24.8 Å². The van der Waals surface area contributed by atoms with E-state index in [4.69, 9.17) is 30.5 Å². The van der Waals surface area contributed by atoms with Crippen molar-refractivity contribution in [2.45, 2.75) is 6.92 Å². The van der Waals surface area contributed by atoms with Crippen LogP contribution in [0.4, 0.5) is 0 Å². The predicted octanol–water partition coefficient (Wildman–Crippen LogP) is 2.89. The average Bonchev–Trinajstić information content (AvgIpc) is 3.40. The van der Waals surface area contributed by atoms with E-state index < -0.39 is 11.9 Å². The zero-order chi connectivity index (χ0) is 21.8. The minimum Gasteiger partial charge on any atom is -0.468 e. The van der Waals surface area contributed by atoms with Gasteiger partial charge in [-0.3, -0.25) is 4.79 Å². The molecule has 0 aliphatic heterocycles. The normalized spacial score (nSPS) is 11.4. The largest absolute Gasteiger partial charge is 0.468 e. The molecule has 2 aromatic rings. The van der Waals surface area contributed by atoms with Crippen molar-refractivity contribution in [1.82, 2.24) is 4.98 Å². The van der Waals surface area contributed by atoms with E-state index in [9.17, 15) is 9.59 Å². The molecule has 30 heavy (non-hydrogen) atoms. The van der Waals surface area contributed by atoms with Gasteiger partial charge >= 0.3 is 11.9 Å². The number of hydrogen-bond donors (Lipinski definition) is 1. The first kappa shape index (κ1) is 22.2. The van der Waals surface area contributed by atoms with Crippen LogP contribution in [-0.4, -0.2) is 43.4 Å². The highest BCUT2D eigenvalue weighted by Crippen LogP contribution is 2.13. The minimum absolute atomic E-state index is 0.0534.